The molecule has 0 aromatic heterocycles. The molecule has 108 valence electrons. The van der Waals surface area contributed by atoms with Gasteiger partial charge in [-0.3, -0.25) is 4.90 Å². The zero-order valence-corrected chi connectivity index (χ0v) is 12.3. The van der Waals surface area contributed by atoms with Gasteiger partial charge in [-0.25, -0.2) is 4.39 Å². The van der Waals surface area contributed by atoms with Gasteiger partial charge in [0.2, 0.25) is 0 Å². The highest BCUT2D eigenvalue weighted by molar-refractivity contribution is 5.44. The van der Waals surface area contributed by atoms with E-state index >= 15 is 0 Å². The van der Waals surface area contributed by atoms with Crippen molar-refractivity contribution < 1.29 is 9.13 Å². The Balaban J connectivity index is 2.27. The number of ether oxygens (including phenoxy) is 1. The van der Waals surface area contributed by atoms with Crippen LogP contribution in [-0.4, -0.2) is 30.6 Å². The fraction of sp³-hybridized carbons (Fsp3) is 0.562. The predicted octanol–water partition coefficient (Wildman–Crippen LogP) is 3.18. The molecule has 0 saturated carbocycles. The molecule has 1 heterocycles. The maximum atomic E-state index is 13.6. The van der Waals surface area contributed by atoms with Gasteiger partial charge >= 0.3 is 0 Å². The molecule has 0 radical (unpaired) electrons. The van der Waals surface area contributed by atoms with Crippen molar-refractivity contribution in [3.8, 4) is 6.07 Å². The second-order valence-electron chi connectivity index (χ2n) is 5.22. The van der Waals surface area contributed by atoms with Crippen molar-refractivity contribution in [2.45, 2.75) is 39.3 Å². The van der Waals surface area contributed by atoms with Crippen molar-refractivity contribution in [2.75, 3.05) is 19.7 Å². The van der Waals surface area contributed by atoms with Crippen molar-refractivity contribution in [1.29, 1.82) is 5.26 Å². The number of nitriles is 1. The Hall–Kier alpha value is -1.44. The third-order valence-electron chi connectivity index (χ3n) is 4.20. The van der Waals surface area contributed by atoms with Crippen LogP contribution in [0.2, 0.25) is 0 Å². The molecule has 1 saturated heterocycles. The SMILES string of the molecule is CCC1COC(c2ccc(F)c(C#N)c2C)CN1CC. The first-order valence-corrected chi connectivity index (χ1v) is 7.17. The second kappa shape index (κ2) is 6.34. The Morgan fingerprint density at radius 1 is 1.45 bits per heavy atom. The fourth-order valence-electron chi connectivity index (χ4n) is 2.88. The van der Waals surface area contributed by atoms with E-state index < -0.39 is 5.82 Å². The smallest absolute Gasteiger partial charge is 0.141 e. The van der Waals surface area contributed by atoms with Crippen LogP contribution in [-0.2, 0) is 4.74 Å². The summed E-state index contributed by atoms with van der Waals surface area (Å²) in [6.07, 6.45) is 0.984. The van der Waals surface area contributed by atoms with Crippen LogP contribution in [0.1, 0.15) is 43.1 Å². The van der Waals surface area contributed by atoms with Gasteiger partial charge in [0.15, 0.2) is 0 Å². The molecule has 20 heavy (non-hydrogen) atoms. The maximum absolute atomic E-state index is 13.6. The number of nitrogens with zero attached hydrogens (tertiary/aromatic N) is 2. The van der Waals surface area contributed by atoms with E-state index in [4.69, 9.17) is 10.00 Å². The summed E-state index contributed by atoms with van der Waals surface area (Å²) in [6, 6.07) is 5.51. The van der Waals surface area contributed by atoms with Crippen LogP contribution in [0.3, 0.4) is 0 Å². The molecule has 0 aliphatic carbocycles. The van der Waals surface area contributed by atoms with Gasteiger partial charge in [0.05, 0.1) is 18.3 Å². The lowest BCUT2D eigenvalue weighted by Crippen LogP contribution is -2.46. The molecular formula is C16H21FN2O. The summed E-state index contributed by atoms with van der Waals surface area (Å²) in [5.41, 5.74) is 1.76. The van der Waals surface area contributed by atoms with Crippen LogP contribution in [0, 0.1) is 24.1 Å². The first-order chi connectivity index (χ1) is 9.62. The zero-order valence-electron chi connectivity index (χ0n) is 12.3. The van der Waals surface area contributed by atoms with Gasteiger partial charge in [0.25, 0.3) is 0 Å². The molecule has 1 aromatic rings. The maximum Gasteiger partial charge on any atom is 0.141 e. The number of morpholine rings is 1. The van der Waals surface area contributed by atoms with Gasteiger partial charge in [-0.05, 0) is 37.1 Å². The van der Waals surface area contributed by atoms with E-state index in [0.717, 1.165) is 25.1 Å². The normalized spacial score (nSPS) is 23.6. The molecule has 3 nitrogen and oxygen atoms in total. The Labute approximate surface area is 120 Å². The Morgan fingerprint density at radius 2 is 2.20 bits per heavy atom. The van der Waals surface area contributed by atoms with Gasteiger partial charge in [0.1, 0.15) is 11.9 Å². The van der Waals surface area contributed by atoms with E-state index in [2.05, 4.69) is 18.7 Å². The third-order valence-corrected chi connectivity index (χ3v) is 4.20. The molecule has 2 atom stereocenters. The van der Waals surface area contributed by atoms with Crippen LogP contribution in [0.15, 0.2) is 12.1 Å². The first kappa shape index (κ1) is 15.0. The van der Waals surface area contributed by atoms with Crippen LogP contribution < -0.4 is 0 Å². The number of hydrogen-bond donors (Lipinski definition) is 0. The van der Waals surface area contributed by atoms with Gasteiger partial charge in [0, 0.05) is 12.6 Å². The zero-order chi connectivity index (χ0) is 14.7. The fourth-order valence-corrected chi connectivity index (χ4v) is 2.88. The summed E-state index contributed by atoms with van der Waals surface area (Å²) >= 11 is 0. The van der Waals surface area contributed by atoms with Crippen molar-refractivity contribution in [2.24, 2.45) is 0 Å². The average Bonchev–Trinajstić information content (AvgIpc) is 2.47. The van der Waals surface area contributed by atoms with Crippen LogP contribution >= 0.6 is 0 Å². The highest BCUT2D eigenvalue weighted by Crippen LogP contribution is 2.30. The van der Waals surface area contributed by atoms with Crippen molar-refractivity contribution in [1.82, 2.24) is 4.90 Å². The standard InChI is InChI=1S/C16H21FN2O/c1-4-12-10-20-16(9-19(12)5-2)13-6-7-15(17)14(8-18)11(13)3/h6-7,12,16H,4-5,9-10H2,1-3H3. The Kier molecular flexibility index (Phi) is 4.74. The summed E-state index contributed by atoms with van der Waals surface area (Å²) in [7, 11) is 0. The molecule has 1 fully saturated rings. The van der Waals surface area contributed by atoms with E-state index in [1.54, 1.807) is 13.0 Å². The number of rotatable bonds is 3. The minimum absolute atomic E-state index is 0.0783. The van der Waals surface area contributed by atoms with E-state index in [1.165, 1.54) is 6.07 Å². The summed E-state index contributed by atoms with van der Waals surface area (Å²) in [4.78, 5) is 2.39. The molecule has 1 aromatic carbocycles. The van der Waals surface area contributed by atoms with E-state index in [1.807, 2.05) is 6.07 Å². The minimum atomic E-state index is -0.455. The van der Waals surface area contributed by atoms with Gasteiger partial charge in [-0.2, -0.15) is 5.26 Å². The topological polar surface area (TPSA) is 36.3 Å². The molecule has 2 unspecified atom stereocenters. The molecule has 2 rings (SSSR count). The highest BCUT2D eigenvalue weighted by Gasteiger charge is 2.29. The largest absolute Gasteiger partial charge is 0.371 e. The summed E-state index contributed by atoms with van der Waals surface area (Å²) < 4.78 is 19.5. The molecule has 0 bridgehead atoms. The predicted molar refractivity (Wildman–Crippen MR) is 75.9 cm³/mol. The van der Waals surface area contributed by atoms with Crippen molar-refractivity contribution in [3.63, 3.8) is 0 Å². The van der Waals surface area contributed by atoms with E-state index in [0.29, 0.717) is 18.2 Å². The summed E-state index contributed by atoms with van der Waals surface area (Å²) in [5.74, 6) is -0.455. The number of halogens is 1. The number of benzene rings is 1. The number of likely N-dealkylation sites (N-methyl/N-ethyl adjacent to an activating group) is 1. The van der Waals surface area contributed by atoms with Gasteiger partial charge < -0.3 is 4.74 Å². The average molecular weight is 276 g/mol. The lowest BCUT2D eigenvalue weighted by Gasteiger charge is -2.39. The molecule has 0 N–H and O–H groups in total. The molecule has 4 heteroatoms. The molecule has 1 aliphatic rings. The van der Waals surface area contributed by atoms with Crippen molar-refractivity contribution in [3.05, 3.63) is 34.6 Å². The third kappa shape index (κ3) is 2.70. The van der Waals surface area contributed by atoms with E-state index in [9.17, 15) is 4.39 Å². The Morgan fingerprint density at radius 3 is 2.80 bits per heavy atom. The summed E-state index contributed by atoms with van der Waals surface area (Å²) in [5, 5.41) is 9.06. The quantitative estimate of drug-likeness (QED) is 0.850. The van der Waals surface area contributed by atoms with Crippen LogP contribution in [0.4, 0.5) is 4.39 Å². The van der Waals surface area contributed by atoms with E-state index in [-0.39, 0.29) is 11.7 Å². The lowest BCUT2D eigenvalue weighted by atomic mass is 9.96. The van der Waals surface area contributed by atoms with Gasteiger partial charge in [-0.1, -0.05) is 19.9 Å². The van der Waals surface area contributed by atoms with Crippen LogP contribution in [0.25, 0.3) is 0 Å². The lowest BCUT2D eigenvalue weighted by molar-refractivity contribution is -0.0644. The van der Waals surface area contributed by atoms with Crippen molar-refractivity contribution >= 4 is 0 Å². The minimum Gasteiger partial charge on any atom is -0.371 e. The Bertz CT molecular complexity index is 524. The highest BCUT2D eigenvalue weighted by atomic mass is 19.1. The molecule has 0 spiro atoms. The van der Waals surface area contributed by atoms with Crippen LogP contribution in [0.5, 0.6) is 0 Å². The summed E-state index contributed by atoms with van der Waals surface area (Å²) in [6.45, 7) is 8.56. The number of hydrogen-bond acceptors (Lipinski definition) is 3. The molecular weight excluding hydrogens is 255 g/mol. The molecule has 0 amide bonds. The second-order valence-corrected chi connectivity index (χ2v) is 5.22. The molecule has 1 aliphatic heterocycles. The van der Waals surface area contributed by atoms with Gasteiger partial charge in [-0.15, -0.1) is 0 Å². The first-order valence-electron chi connectivity index (χ1n) is 7.17. The monoisotopic (exact) mass is 276 g/mol.